The van der Waals surface area contributed by atoms with Gasteiger partial charge in [-0.1, -0.05) is 11.6 Å². The van der Waals surface area contributed by atoms with Crippen LogP contribution in [0.3, 0.4) is 0 Å². The van der Waals surface area contributed by atoms with Gasteiger partial charge in [0.05, 0.1) is 24.5 Å². The number of hydrogen-bond acceptors (Lipinski definition) is 11. The van der Waals surface area contributed by atoms with E-state index in [1.807, 2.05) is 0 Å². The highest BCUT2D eigenvalue weighted by molar-refractivity contribution is 7.91. The second-order valence-corrected chi connectivity index (χ2v) is 11.6. The minimum atomic E-state index is -4.02. The number of methoxy groups -OCH3 is 3. The fourth-order valence-electron chi connectivity index (χ4n) is 4.27. The molecule has 0 N–H and O–H groups in total. The normalized spacial score (nSPS) is 16.3. The monoisotopic (exact) mass is 573 g/mol. The molecule has 3 heterocycles. The predicted octanol–water partition coefficient (Wildman–Crippen LogP) is 2.90. The second-order valence-electron chi connectivity index (χ2n) is 8.82. The van der Waals surface area contributed by atoms with Crippen LogP contribution in [0.15, 0.2) is 18.7 Å². The van der Waals surface area contributed by atoms with E-state index in [-0.39, 0.29) is 39.9 Å². The smallest absolute Gasteiger partial charge is 0.245 e. The average molecular weight is 574 g/mol. The van der Waals surface area contributed by atoms with Gasteiger partial charge < -0.3 is 14.2 Å². The fourth-order valence-corrected chi connectivity index (χ4v) is 5.78. The lowest BCUT2D eigenvalue weighted by atomic mass is 10.0. The Labute approximate surface area is 222 Å². The highest BCUT2D eigenvalue weighted by Gasteiger charge is 2.51. The largest absolute Gasteiger partial charge is 0.479 e. The zero-order chi connectivity index (χ0) is 27.7. The molecule has 4 rings (SSSR count). The summed E-state index contributed by atoms with van der Waals surface area (Å²) in [7, 11) is 0.0341. The predicted molar refractivity (Wildman–Crippen MR) is 130 cm³/mol. The number of halogens is 3. The van der Waals surface area contributed by atoms with Gasteiger partial charge in [0, 0.05) is 31.3 Å². The Bertz CT molecular complexity index is 1360. The van der Waals surface area contributed by atoms with Gasteiger partial charge in [0.2, 0.25) is 18.2 Å². The molecule has 1 saturated carbocycles. The van der Waals surface area contributed by atoms with Gasteiger partial charge in [0.15, 0.2) is 27.2 Å². The minimum absolute atomic E-state index is 0.0294. The van der Waals surface area contributed by atoms with Crippen LogP contribution in [0.1, 0.15) is 49.8 Å². The number of hydrogen-bond donors (Lipinski definition) is 0. The summed E-state index contributed by atoms with van der Waals surface area (Å²) in [4.78, 5) is 16.4. The number of aromatic nitrogens is 7. The quantitative estimate of drug-likeness (QED) is 0.315. The van der Waals surface area contributed by atoms with Crippen molar-refractivity contribution in [2.24, 2.45) is 0 Å². The maximum Gasteiger partial charge on any atom is 0.245 e. The van der Waals surface area contributed by atoms with Crippen molar-refractivity contribution >= 4 is 21.4 Å². The van der Waals surface area contributed by atoms with Crippen LogP contribution in [0.25, 0.3) is 5.69 Å². The fraction of sp³-hybridized carbons (Fsp3) is 0.545. The summed E-state index contributed by atoms with van der Waals surface area (Å²) in [6.07, 6.45) is 0.636. The Morgan fingerprint density at radius 2 is 1.66 bits per heavy atom. The van der Waals surface area contributed by atoms with Crippen LogP contribution in [0, 0.1) is 0 Å². The number of rotatable bonds is 12. The van der Waals surface area contributed by atoms with E-state index in [4.69, 9.17) is 25.8 Å². The summed E-state index contributed by atoms with van der Waals surface area (Å²) in [6.45, 7) is 1.45. The van der Waals surface area contributed by atoms with Crippen molar-refractivity contribution in [3.63, 3.8) is 0 Å². The van der Waals surface area contributed by atoms with Crippen LogP contribution < -0.4 is 9.47 Å². The molecule has 16 heteroatoms. The van der Waals surface area contributed by atoms with Crippen LogP contribution in [-0.4, -0.2) is 76.1 Å². The maximum absolute atomic E-state index is 13.6. The molecule has 0 unspecified atom stereocenters. The summed E-state index contributed by atoms with van der Waals surface area (Å²) in [5.74, 6) is -0.329. The van der Waals surface area contributed by atoms with Crippen molar-refractivity contribution in [2.75, 3.05) is 21.3 Å². The Kier molecular flexibility index (Phi) is 8.09. The highest BCUT2D eigenvalue weighted by atomic mass is 35.5. The van der Waals surface area contributed by atoms with Crippen molar-refractivity contribution in [1.29, 1.82) is 0 Å². The third-order valence-electron chi connectivity index (χ3n) is 6.44. The summed E-state index contributed by atoms with van der Waals surface area (Å²) in [6, 6.07) is 0. The lowest BCUT2D eigenvalue weighted by Gasteiger charge is -2.22. The minimum Gasteiger partial charge on any atom is -0.479 e. The van der Waals surface area contributed by atoms with Crippen molar-refractivity contribution < 1.29 is 31.4 Å². The maximum atomic E-state index is 13.6. The number of alkyl halides is 2. The Morgan fingerprint density at radius 3 is 2.16 bits per heavy atom. The molecule has 0 bridgehead atoms. The first kappa shape index (κ1) is 28.0. The molecule has 206 valence electrons. The van der Waals surface area contributed by atoms with Gasteiger partial charge in [-0.05, 0) is 19.8 Å². The third kappa shape index (κ3) is 5.40. The summed E-state index contributed by atoms with van der Waals surface area (Å²) >= 11 is 5.86. The average Bonchev–Trinajstić information content (AvgIpc) is 3.54. The van der Waals surface area contributed by atoms with Gasteiger partial charge in [0.25, 0.3) is 0 Å². The second kappa shape index (κ2) is 11.0. The molecular formula is C22H26ClF2N7O5S. The Hall–Kier alpha value is -3.04. The molecule has 0 aromatic carbocycles. The Morgan fingerprint density at radius 1 is 1.05 bits per heavy atom. The van der Waals surface area contributed by atoms with E-state index in [1.54, 1.807) is 0 Å². The van der Waals surface area contributed by atoms with Gasteiger partial charge in [0.1, 0.15) is 24.0 Å². The van der Waals surface area contributed by atoms with Crippen LogP contribution in [-0.2, 0) is 25.7 Å². The zero-order valence-electron chi connectivity index (χ0n) is 21.0. The molecule has 12 nitrogen and oxygen atoms in total. The molecular weight excluding hydrogens is 548 g/mol. The molecule has 1 aliphatic rings. The summed E-state index contributed by atoms with van der Waals surface area (Å²) in [5, 5.41) is 7.46. The van der Waals surface area contributed by atoms with Gasteiger partial charge >= 0.3 is 0 Å². The number of nitrogens with zero attached hydrogens (tertiary/aromatic N) is 7. The van der Waals surface area contributed by atoms with Crippen LogP contribution >= 0.6 is 11.6 Å². The first-order valence-corrected chi connectivity index (χ1v) is 13.5. The van der Waals surface area contributed by atoms with E-state index in [1.165, 1.54) is 51.5 Å². The SMILES string of the molecule is COc1ncnc(OC)c1-n1c(CS(=O)(=O)[C@@H](C)[C@H](OC)c2ncc(Cl)cn2)nnc1C1(CC(F)F)CC1. The molecule has 1 aliphatic carbocycles. The van der Waals surface area contributed by atoms with Crippen molar-refractivity contribution in [2.45, 2.75) is 55.1 Å². The molecule has 3 aromatic rings. The molecule has 0 spiro atoms. The Balaban J connectivity index is 1.81. The van der Waals surface area contributed by atoms with Gasteiger partial charge in [-0.15, -0.1) is 10.2 Å². The highest BCUT2D eigenvalue weighted by Crippen LogP contribution is 2.53. The van der Waals surface area contributed by atoms with Crippen molar-refractivity contribution in [3.05, 3.63) is 41.2 Å². The zero-order valence-corrected chi connectivity index (χ0v) is 22.6. The first-order chi connectivity index (χ1) is 18.1. The van der Waals surface area contributed by atoms with Gasteiger partial charge in [-0.3, -0.25) is 4.57 Å². The molecule has 0 radical (unpaired) electrons. The molecule has 3 aromatic heterocycles. The first-order valence-electron chi connectivity index (χ1n) is 11.4. The van der Waals surface area contributed by atoms with Gasteiger partial charge in [-0.2, -0.15) is 9.97 Å². The van der Waals surface area contributed by atoms with E-state index in [0.717, 1.165) is 0 Å². The summed E-state index contributed by atoms with van der Waals surface area (Å²) in [5.41, 5.74) is -0.882. The lowest BCUT2D eigenvalue weighted by Crippen LogP contribution is -2.30. The van der Waals surface area contributed by atoms with Gasteiger partial charge in [-0.25, -0.2) is 27.2 Å². The number of ether oxygens (including phenoxy) is 3. The molecule has 38 heavy (non-hydrogen) atoms. The van der Waals surface area contributed by atoms with Crippen molar-refractivity contribution in [3.8, 4) is 17.4 Å². The van der Waals surface area contributed by atoms with E-state index in [0.29, 0.717) is 12.8 Å². The van der Waals surface area contributed by atoms with Crippen LogP contribution in [0.5, 0.6) is 11.8 Å². The molecule has 0 aliphatic heterocycles. The van der Waals surface area contributed by atoms with E-state index in [9.17, 15) is 17.2 Å². The van der Waals surface area contributed by atoms with Crippen LogP contribution in [0.4, 0.5) is 8.78 Å². The summed E-state index contributed by atoms with van der Waals surface area (Å²) < 4.78 is 71.8. The molecule has 2 atom stereocenters. The van der Waals surface area contributed by atoms with E-state index >= 15 is 0 Å². The van der Waals surface area contributed by atoms with Crippen LogP contribution in [0.2, 0.25) is 5.02 Å². The lowest BCUT2D eigenvalue weighted by molar-refractivity contribution is 0.0948. The molecule has 1 fully saturated rings. The van der Waals surface area contributed by atoms with E-state index < -0.39 is 45.2 Å². The number of sulfone groups is 1. The van der Waals surface area contributed by atoms with Crippen molar-refractivity contribution in [1.82, 2.24) is 34.7 Å². The molecule has 0 amide bonds. The van der Waals surface area contributed by atoms with E-state index in [2.05, 4.69) is 30.1 Å². The molecule has 0 saturated heterocycles. The third-order valence-corrected chi connectivity index (χ3v) is 8.68. The topological polar surface area (TPSA) is 144 Å². The standard InChI is InChI=1S/C22H26ClF2N7O5S/c1-12(17(35-2)18-26-8-13(23)9-27-18)38(33,34)10-15-30-31-21(22(5-6-22)7-14(24)25)32(15)16-19(36-3)28-11-29-20(16)37-4/h8-9,11-12,14,17H,5-7,10H2,1-4H3/t12-,17-/m0/s1.